The Morgan fingerprint density at radius 1 is 1.35 bits per heavy atom. The lowest BCUT2D eigenvalue weighted by Crippen LogP contribution is -2.02. The van der Waals surface area contributed by atoms with E-state index in [0.717, 1.165) is 11.6 Å². The molecule has 4 nitrogen and oxygen atoms in total. The lowest BCUT2D eigenvalue weighted by Gasteiger charge is -2.09. The Balaban J connectivity index is 2.19. The molecule has 0 aromatic heterocycles. The number of aryl methyl sites for hydroxylation is 1. The highest BCUT2D eigenvalue weighted by Crippen LogP contribution is 2.27. The molecule has 0 aliphatic heterocycles. The van der Waals surface area contributed by atoms with Gasteiger partial charge in [-0.15, -0.1) is 0 Å². The molecule has 0 spiro atoms. The van der Waals surface area contributed by atoms with E-state index in [1.165, 1.54) is 12.1 Å². The fourth-order valence-corrected chi connectivity index (χ4v) is 1.99. The van der Waals surface area contributed by atoms with E-state index >= 15 is 0 Å². The molecule has 6 heteroatoms. The third-order valence-electron chi connectivity index (χ3n) is 2.73. The smallest absolute Gasteiger partial charge is 0.305 e. The van der Waals surface area contributed by atoms with Gasteiger partial charge in [0.2, 0.25) is 5.82 Å². The van der Waals surface area contributed by atoms with Crippen molar-refractivity contribution in [2.75, 3.05) is 0 Å². The Hall–Kier alpha value is -2.14. The van der Waals surface area contributed by atoms with Gasteiger partial charge in [0.15, 0.2) is 0 Å². The molecule has 0 bridgehead atoms. The molecule has 0 radical (unpaired) electrons. The van der Waals surface area contributed by atoms with Crippen LogP contribution in [0, 0.1) is 22.9 Å². The van der Waals surface area contributed by atoms with Crippen LogP contribution >= 0.6 is 11.6 Å². The molecule has 0 atom stereocenters. The molecule has 0 saturated heterocycles. The van der Waals surface area contributed by atoms with Crippen molar-refractivity contribution in [3.05, 3.63) is 68.5 Å². The van der Waals surface area contributed by atoms with Gasteiger partial charge in [-0.05, 0) is 24.6 Å². The quantitative estimate of drug-likeness (QED) is 0.625. The lowest BCUT2D eigenvalue weighted by molar-refractivity contribution is -0.387. The first-order valence-electron chi connectivity index (χ1n) is 5.80. The van der Waals surface area contributed by atoms with Crippen LogP contribution < -0.4 is 4.74 Å². The third-order valence-corrected chi connectivity index (χ3v) is 3.02. The van der Waals surface area contributed by atoms with Crippen LogP contribution in [0.1, 0.15) is 11.1 Å². The standard InChI is InChI=1S/C14H11ClFNO3/c1-9-5-6-13(11(15)7-9)20-8-10-3-2-4-12(14(10)16)17(18)19/h2-7H,8H2,1H3. The molecule has 0 amide bonds. The van der Waals surface area contributed by atoms with Gasteiger partial charge in [0.25, 0.3) is 0 Å². The molecule has 0 unspecified atom stereocenters. The molecule has 2 aromatic rings. The maximum absolute atomic E-state index is 13.8. The molecule has 20 heavy (non-hydrogen) atoms. The summed E-state index contributed by atoms with van der Waals surface area (Å²) in [7, 11) is 0. The maximum atomic E-state index is 13.8. The topological polar surface area (TPSA) is 52.4 Å². The van der Waals surface area contributed by atoms with Crippen LogP contribution in [0.2, 0.25) is 5.02 Å². The highest BCUT2D eigenvalue weighted by molar-refractivity contribution is 6.32. The number of rotatable bonds is 4. The molecular formula is C14H11ClFNO3. The average molecular weight is 296 g/mol. The van der Waals surface area contributed by atoms with Crippen molar-refractivity contribution in [1.82, 2.24) is 0 Å². The molecule has 0 aliphatic rings. The highest BCUT2D eigenvalue weighted by atomic mass is 35.5. The summed E-state index contributed by atoms with van der Waals surface area (Å²) in [6.45, 7) is 1.76. The predicted molar refractivity (Wildman–Crippen MR) is 73.6 cm³/mol. The van der Waals surface area contributed by atoms with Crippen LogP contribution in [0.15, 0.2) is 36.4 Å². The van der Waals surface area contributed by atoms with E-state index in [4.69, 9.17) is 16.3 Å². The van der Waals surface area contributed by atoms with Gasteiger partial charge in [0, 0.05) is 11.6 Å². The number of halogens is 2. The minimum atomic E-state index is -0.888. The van der Waals surface area contributed by atoms with Crippen LogP contribution in [0.5, 0.6) is 5.75 Å². The van der Waals surface area contributed by atoms with Crippen LogP contribution in [0.3, 0.4) is 0 Å². The largest absolute Gasteiger partial charge is 0.487 e. The molecule has 104 valence electrons. The van der Waals surface area contributed by atoms with Crippen molar-refractivity contribution in [1.29, 1.82) is 0 Å². The molecule has 2 aromatic carbocycles. The molecule has 0 heterocycles. The Bertz CT molecular complexity index is 661. The van der Waals surface area contributed by atoms with Gasteiger partial charge in [0.1, 0.15) is 12.4 Å². The number of ether oxygens (including phenoxy) is 1. The van der Waals surface area contributed by atoms with Crippen LogP contribution in [-0.4, -0.2) is 4.92 Å². The van der Waals surface area contributed by atoms with Gasteiger partial charge in [0.05, 0.1) is 9.95 Å². The summed E-state index contributed by atoms with van der Waals surface area (Å²) in [5.74, 6) is -0.482. The van der Waals surface area contributed by atoms with Crippen LogP contribution in [0.4, 0.5) is 10.1 Å². The van der Waals surface area contributed by atoms with E-state index in [2.05, 4.69) is 0 Å². The SMILES string of the molecule is Cc1ccc(OCc2cccc([N+](=O)[O-])c2F)c(Cl)c1. The van der Waals surface area contributed by atoms with E-state index in [1.54, 1.807) is 12.1 Å². The van der Waals surface area contributed by atoms with E-state index in [-0.39, 0.29) is 12.2 Å². The normalized spacial score (nSPS) is 10.3. The number of hydrogen-bond acceptors (Lipinski definition) is 3. The minimum Gasteiger partial charge on any atom is -0.487 e. The zero-order valence-corrected chi connectivity index (χ0v) is 11.4. The van der Waals surface area contributed by atoms with E-state index < -0.39 is 16.4 Å². The van der Waals surface area contributed by atoms with Gasteiger partial charge in [-0.25, -0.2) is 0 Å². The summed E-state index contributed by atoms with van der Waals surface area (Å²) in [6.07, 6.45) is 0. The zero-order valence-electron chi connectivity index (χ0n) is 10.6. The molecule has 0 aliphatic carbocycles. The van der Waals surface area contributed by atoms with Gasteiger partial charge < -0.3 is 4.74 Å². The monoisotopic (exact) mass is 295 g/mol. The first kappa shape index (κ1) is 14.3. The first-order valence-corrected chi connectivity index (χ1v) is 6.17. The van der Waals surface area contributed by atoms with Crippen molar-refractivity contribution < 1.29 is 14.1 Å². The Kier molecular flexibility index (Phi) is 4.20. The van der Waals surface area contributed by atoms with Crippen molar-refractivity contribution >= 4 is 17.3 Å². The number of nitro benzene ring substituents is 1. The van der Waals surface area contributed by atoms with Crippen LogP contribution in [0.25, 0.3) is 0 Å². The average Bonchev–Trinajstić information content (AvgIpc) is 2.39. The number of nitrogens with zero attached hydrogens (tertiary/aromatic N) is 1. The summed E-state index contributed by atoms with van der Waals surface area (Å²) in [5.41, 5.74) is 0.515. The number of hydrogen-bond donors (Lipinski definition) is 0. The van der Waals surface area contributed by atoms with Crippen molar-refractivity contribution in [2.24, 2.45) is 0 Å². The lowest BCUT2D eigenvalue weighted by atomic mass is 10.2. The molecular weight excluding hydrogens is 285 g/mol. The van der Waals surface area contributed by atoms with Gasteiger partial charge >= 0.3 is 5.69 Å². The molecule has 0 N–H and O–H groups in total. The number of nitro groups is 1. The highest BCUT2D eigenvalue weighted by Gasteiger charge is 2.17. The van der Waals surface area contributed by atoms with Gasteiger partial charge in [-0.3, -0.25) is 10.1 Å². The summed E-state index contributed by atoms with van der Waals surface area (Å²) in [5, 5.41) is 11.1. The Labute approximate surface area is 119 Å². The second kappa shape index (κ2) is 5.88. The zero-order chi connectivity index (χ0) is 14.7. The fourth-order valence-electron chi connectivity index (χ4n) is 1.70. The Morgan fingerprint density at radius 2 is 2.10 bits per heavy atom. The van der Waals surface area contributed by atoms with Gasteiger partial charge in [-0.1, -0.05) is 29.8 Å². The summed E-state index contributed by atoms with van der Waals surface area (Å²) >= 11 is 5.99. The Morgan fingerprint density at radius 3 is 2.75 bits per heavy atom. The van der Waals surface area contributed by atoms with Gasteiger partial charge in [-0.2, -0.15) is 4.39 Å². The molecule has 2 rings (SSSR count). The summed E-state index contributed by atoms with van der Waals surface area (Å²) in [6, 6.07) is 9.16. The second-order valence-electron chi connectivity index (χ2n) is 4.23. The minimum absolute atomic E-state index is 0.107. The summed E-state index contributed by atoms with van der Waals surface area (Å²) < 4.78 is 19.2. The van der Waals surface area contributed by atoms with Crippen molar-refractivity contribution in [3.63, 3.8) is 0 Å². The molecule has 0 fully saturated rings. The number of benzene rings is 2. The van der Waals surface area contributed by atoms with Crippen molar-refractivity contribution in [3.8, 4) is 5.75 Å². The van der Waals surface area contributed by atoms with E-state index in [0.29, 0.717) is 10.8 Å². The van der Waals surface area contributed by atoms with E-state index in [9.17, 15) is 14.5 Å². The van der Waals surface area contributed by atoms with Crippen LogP contribution in [-0.2, 0) is 6.61 Å². The first-order chi connectivity index (χ1) is 9.49. The predicted octanol–water partition coefficient (Wildman–Crippen LogP) is 4.27. The van der Waals surface area contributed by atoms with E-state index in [1.807, 2.05) is 13.0 Å². The molecule has 0 saturated carbocycles. The third kappa shape index (κ3) is 3.05. The maximum Gasteiger partial charge on any atom is 0.305 e. The second-order valence-corrected chi connectivity index (χ2v) is 4.64. The fraction of sp³-hybridized carbons (Fsp3) is 0.143. The summed E-state index contributed by atoms with van der Waals surface area (Å²) in [4.78, 5) is 9.88. The van der Waals surface area contributed by atoms with Crippen molar-refractivity contribution in [2.45, 2.75) is 13.5 Å².